The van der Waals surface area contributed by atoms with E-state index >= 15 is 0 Å². The lowest BCUT2D eigenvalue weighted by Gasteiger charge is -2.23. The highest BCUT2D eigenvalue weighted by Crippen LogP contribution is 2.25. The van der Waals surface area contributed by atoms with Crippen LogP contribution < -0.4 is 5.32 Å². The molecule has 1 aliphatic rings. The van der Waals surface area contributed by atoms with Crippen LogP contribution in [0.25, 0.3) is 10.8 Å². The molecule has 0 saturated carbocycles. The standard InChI is InChI=1S/C15H17BrN2O2S.ClH/c1-18(14-6-7-17-10-14)21(19,20)15-5-3-11-8-13(16)4-2-12(11)9-15;/h2-5,8-9,14,17H,6-7,10H2,1H3;1H. The third kappa shape index (κ3) is 3.31. The molecule has 1 unspecified atom stereocenters. The maximum Gasteiger partial charge on any atom is 0.243 e. The van der Waals surface area contributed by atoms with Gasteiger partial charge in [0.1, 0.15) is 0 Å². The van der Waals surface area contributed by atoms with Crippen LogP contribution in [0.15, 0.2) is 45.8 Å². The SMILES string of the molecule is CN(C1CCNC1)S(=O)(=O)c1ccc2cc(Br)ccc2c1.Cl. The van der Waals surface area contributed by atoms with E-state index in [1.54, 1.807) is 19.2 Å². The number of rotatable bonds is 3. The van der Waals surface area contributed by atoms with E-state index in [9.17, 15) is 8.42 Å². The summed E-state index contributed by atoms with van der Waals surface area (Å²) in [7, 11) is -1.78. The highest BCUT2D eigenvalue weighted by Gasteiger charge is 2.29. The molecule has 2 aromatic carbocycles. The van der Waals surface area contributed by atoms with Crippen LogP contribution in [0.2, 0.25) is 0 Å². The molecule has 0 spiro atoms. The summed E-state index contributed by atoms with van der Waals surface area (Å²) in [6, 6.07) is 11.2. The van der Waals surface area contributed by atoms with Gasteiger partial charge in [-0.25, -0.2) is 8.42 Å². The number of hydrogen-bond acceptors (Lipinski definition) is 3. The predicted molar refractivity (Wildman–Crippen MR) is 95.1 cm³/mol. The van der Waals surface area contributed by atoms with Crippen molar-refractivity contribution in [3.63, 3.8) is 0 Å². The zero-order valence-corrected chi connectivity index (χ0v) is 15.3. The van der Waals surface area contributed by atoms with E-state index < -0.39 is 10.0 Å². The molecular formula is C15H18BrClN2O2S. The molecule has 0 aliphatic carbocycles. The van der Waals surface area contributed by atoms with Crippen molar-refractivity contribution in [2.75, 3.05) is 20.1 Å². The molecule has 1 aliphatic heterocycles. The fraction of sp³-hybridized carbons (Fsp3) is 0.333. The molecule has 2 aromatic rings. The molecule has 4 nitrogen and oxygen atoms in total. The van der Waals surface area contributed by atoms with Crippen LogP contribution in [-0.4, -0.2) is 38.9 Å². The summed E-state index contributed by atoms with van der Waals surface area (Å²) in [5.41, 5.74) is 0. The largest absolute Gasteiger partial charge is 0.315 e. The lowest BCUT2D eigenvalue weighted by Crippen LogP contribution is -2.38. The van der Waals surface area contributed by atoms with Crippen molar-refractivity contribution < 1.29 is 8.42 Å². The van der Waals surface area contributed by atoms with E-state index in [4.69, 9.17) is 0 Å². The fourth-order valence-corrected chi connectivity index (χ4v) is 4.47. The van der Waals surface area contributed by atoms with E-state index in [1.807, 2.05) is 24.3 Å². The molecule has 0 amide bonds. The number of sulfonamides is 1. The quantitative estimate of drug-likeness (QED) is 0.854. The van der Waals surface area contributed by atoms with Crippen molar-refractivity contribution in [3.8, 4) is 0 Å². The summed E-state index contributed by atoms with van der Waals surface area (Å²) in [6.45, 7) is 1.59. The highest BCUT2D eigenvalue weighted by molar-refractivity contribution is 9.10. The maximum atomic E-state index is 12.7. The van der Waals surface area contributed by atoms with Crippen molar-refractivity contribution in [1.29, 1.82) is 0 Å². The molecule has 1 saturated heterocycles. The summed E-state index contributed by atoms with van der Waals surface area (Å²) >= 11 is 3.42. The van der Waals surface area contributed by atoms with Gasteiger partial charge >= 0.3 is 0 Å². The maximum absolute atomic E-state index is 12.7. The first-order chi connectivity index (χ1) is 9.98. The van der Waals surface area contributed by atoms with Gasteiger partial charge in [-0.3, -0.25) is 0 Å². The van der Waals surface area contributed by atoms with Gasteiger partial charge in [0.15, 0.2) is 0 Å². The summed E-state index contributed by atoms with van der Waals surface area (Å²) in [4.78, 5) is 0.353. The second-order valence-electron chi connectivity index (χ2n) is 5.32. The summed E-state index contributed by atoms with van der Waals surface area (Å²) < 4.78 is 27.9. The minimum atomic E-state index is -3.44. The van der Waals surface area contributed by atoms with Crippen LogP contribution >= 0.6 is 28.3 Å². The molecule has 1 heterocycles. The third-order valence-corrected chi connectivity index (χ3v) is 6.40. The Bertz CT molecular complexity index is 776. The van der Waals surface area contributed by atoms with E-state index in [0.29, 0.717) is 4.90 Å². The van der Waals surface area contributed by atoms with Crippen molar-refractivity contribution in [2.45, 2.75) is 17.4 Å². The Labute approximate surface area is 145 Å². The van der Waals surface area contributed by atoms with Crippen molar-refractivity contribution in [2.24, 2.45) is 0 Å². The Morgan fingerprint density at radius 1 is 1.18 bits per heavy atom. The van der Waals surface area contributed by atoms with Crippen LogP contribution in [0.3, 0.4) is 0 Å². The predicted octanol–water partition coefficient (Wildman–Crippen LogP) is 3.01. The second-order valence-corrected chi connectivity index (χ2v) is 8.23. The summed E-state index contributed by atoms with van der Waals surface area (Å²) in [5.74, 6) is 0. The molecule has 1 N–H and O–H groups in total. The van der Waals surface area contributed by atoms with Gasteiger partial charge in [-0.1, -0.05) is 28.1 Å². The van der Waals surface area contributed by atoms with E-state index in [0.717, 1.165) is 34.8 Å². The molecule has 0 aromatic heterocycles. The Morgan fingerprint density at radius 2 is 1.86 bits per heavy atom. The van der Waals surface area contributed by atoms with Gasteiger partial charge in [0.05, 0.1) is 4.90 Å². The van der Waals surface area contributed by atoms with Crippen molar-refractivity contribution >= 4 is 49.1 Å². The molecule has 7 heteroatoms. The molecule has 1 atom stereocenters. The molecule has 22 heavy (non-hydrogen) atoms. The van der Waals surface area contributed by atoms with Crippen LogP contribution in [0.5, 0.6) is 0 Å². The van der Waals surface area contributed by atoms with Gasteiger partial charge in [-0.15, -0.1) is 12.4 Å². The Morgan fingerprint density at radius 3 is 2.55 bits per heavy atom. The second kappa shape index (κ2) is 6.84. The van der Waals surface area contributed by atoms with Crippen LogP contribution in [-0.2, 0) is 10.0 Å². The van der Waals surface area contributed by atoms with Gasteiger partial charge in [-0.05, 0) is 48.0 Å². The first-order valence-electron chi connectivity index (χ1n) is 6.86. The first-order valence-corrected chi connectivity index (χ1v) is 9.10. The Balaban J connectivity index is 0.00000176. The minimum absolute atomic E-state index is 0. The van der Waals surface area contributed by atoms with Gasteiger partial charge in [0.25, 0.3) is 0 Å². The van der Waals surface area contributed by atoms with E-state index in [-0.39, 0.29) is 18.4 Å². The number of nitrogens with zero attached hydrogens (tertiary/aromatic N) is 1. The average molecular weight is 406 g/mol. The lowest BCUT2D eigenvalue weighted by molar-refractivity contribution is 0.388. The fourth-order valence-electron chi connectivity index (χ4n) is 2.67. The summed E-state index contributed by atoms with van der Waals surface area (Å²) in [6.07, 6.45) is 0.857. The topological polar surface area (TPSA) is 49.4 Å². The highest BCUT2D eigenvalue weighted by atomic mass is 79.9. The Hall–Kier alpha value is -0.660. The number of nitrogens with one attached hydrogen (secondary N) is 1. The normalized spacial score (nSPS) is 18.6. The van der Waals surface area contributed by atoms with Gasteiger partial charge < -0.3 is 5.32 Å². The van der Waals surface area contributed by atoms with Gasteiger partial charge in [0, 0.05) is 24.1 Å². The summed E-state index contributed by atoms with van der Waals surface area (Å²) in [5, 5.41) is 5.15. The van der Waals surface area contributed by atoms with Crippen molar-refractivity contribution in [3.05, 3.63) is 40.9 Å². The minimum Gasteiger partial charge on any atom is -0.315 e. The smallest absolute Gasteiger partial charge is 0.243 e. The number of hydrogen-bond donors (Lipinski definition) is 1. The van der Waals surface area contributed by atoms with E-state index in [1.165, 1.54) is 4.31 Å². The molecule has 0 bridgehead atoms. The lowest BCUT2D eigenvalue weighted by atomic mass is 10.1. The number of benzene rings is 2. The van der Waals surface area contributed by atoms with Crippen LogP contribution in [0.4, 0.5) is 0 Å². The van der Waals surface area contributed by atoms with Crippen LogP contribution in [0.1, 0.15) is 6.42 Å². The molecule has 3 rings (SSSR count). The number of likely N-dealkylation sites (N-methyl/N-ethyl adjacent to an activating group) is 1. The van der Waals surface area contributed by atoms with Crippen molar-refractivity contribution in [1.82, 2.24) is 9.62 Å². The van der Waals surface area contributed by atoms with Gasteiger partial charge in [0.2, 0.25) is 10.0 Å². The van der Waals surface area contributed by atoms with E-state index in [2.05, 4.69) is 21.2 Å². The first kappa shape index (κ1) is 17.7. The molecule has 1 fully saturated rings. The zero-order valence-electron chi connectivity index (χ0n) is 12.1. The Kier molecular flexibility index (Phi) is 5.50. The molecule has 0 radical (unpaired) electrons. The van der Waals surface area contributed by atoms with Gasteiger partial charge in [-0.2, -0.15) is 4.31 Å². The average Bonchev–Trinajstić information content (AvgIpc) is 2.99. The third-order valence-electron chi connectivity index (χ3n) is 4.00. The molecular weight excluding hydrogens is 388 g/mol. The van der Waals surface area contributed by atoms with Crippen LogP contribution in [0, 0.1) is 0 Å². The zero-order chi connectivity index (χ0) is 15.0. The molecule has 120 valence electrons. The number of fused-ring (bicyclic) bond motifs is 1. The monoisotopic (exact) mass is 404 g/mol. The number of halogens is 2.